The van der Waals surface area contributed by atoms with Crippen molar-refractivity contribution in [3.05, 3.63) is 21.7 Å². The number of hydrogen-bond acceptors (Lipinski definition) is 3. The number of nitrogens with one attached hydrogen (secondary N) is 1. The summed E-state index contributed by atoms with van der Waals surface area (Å²) in [6, 6.07) is 0. The van der Waals surface area contributed by atoms with Crippen LogP contribution in [-0.2, 0) is 7.05 Å². The summed E-state index contributed by atoms with van der Waals surface area (Å²) in [4.78, 5) is 23.0. The summed E-state index contributed by atoms with van der Waals surface area (Å²) in [7, 11) is 1.60. The van der Waals surface area contributed by atoms with Gasteiger partial charge in [-0.15, -0.1) is 0 Å². The van der Waals surface area contributed by atoms with E-state index in [1.54, 1.807) is 14.0 Å². The van der Waals surface area contributed by atoms with Crippen molar-refractivity contribution < 1.29 is 9.32 Å². The van der Waals surface area contributed by atoms with Crippen molar-refractivity contribution in [2.75, 3.05) is 6.54 Å². The van der Waals surface area contributed by atoms with Crippen molar-refractivity contribution in [2.24, 2.45) is 13.0 Å². The van der Waals surface area contributed by atoms with Crippen molar-refractivity contribution in [3.63, 3.8) is 0 Å². The number of aryl methyl sites for hydroxylation is 1. The standard InChI is InChI=1S/C11H18N2O3/c1-7(2)5-6-12-10(14)9-8(3)13(4)16-11(9)15/h7H,5-6H2,1-4H3,(H,12,14). The maximum Gasteiger partial charge on any atom is 0.370 e. The fourth-order valence-corrected chi connectivity index (χ4v) is 1.36. The average molecular weight is 226 g/mol. The highest BCUT2D eigenvalue weighted by molar-refractivity contribution is 5.94. The van der Waals surface area contributed by atoms with Crippen molar-refractivity contribution in [3.8, 4) is 0 Å². The molecule has 0 aliphatic carbocycles. The minimum atomic E-state index is -0.581. The minimum absolute atomic E-state index is 0.103. The Morgan fingerprint density at radius 2 is 2.12 bits per heavy atom. The van der Waals surface area contributed by atoms with Crippen LogP contribution < -0.4 is 10.9 Å². The molecule has 1 amide bonds. The molecule has 0 saturated carbocycles. The molecule has 0 unspecified atom stereocenters. The molecule has 1 N–H and O–H groups in total. The van der Waals surface area contributed by atoms with Crippen molar-refractivity contribution in [1.82, 2.24) is 10.1 Å². The zero-order chi connectivity index (χ0) is 12.3. The first-order valence-corrected chi connectivity index (χ1v) is 5.38. The Morgan fingerprint density at radius 3 is 2.56 bits per heavy atom. The van der Waals surface area contributed by atoms with Crippen LogP contribution in [0.5, 0.6) is 0 Å². The molecule has 1 aromatic rings. The van der Waals surface area contributed by atoms with Crippen LogP contribution in [0.3, 0.4) is 0 Å². The second-order valence-electron chi connectivity index (χ2n) is 4.28. The highest BCUT2D eigenvalue weighted by atomic mass is 16.5. The van der Waals surface area contributed by atoms with Crippen LogP contribution in [0.25, 0.3) is 0 Å². The van der Waals surface area contributed by atoms with E-state index in [1.807, 2.05) is 0 Å². The highest BCUT2D eigenvalue weighted by Gasteiger charge is 2.18. The molecule has 5 heteroatoms. The smallest absolute Gasteiger partial charge is 0.352 e. The molecule has 1 heterocycles. The van der Waals surface area contributed by atoms with E-state index in [4.69, 9.17) is 4.52 Å². The molecule has 0 bridgehead atoms. The minimum Gasteiger partial charge on any atom is -0.352 e. The largest absolute Gasteiger partial charge is 0.370 e. The van der Waals surface area contributed by atoms with Crippen LogP contribution in [0, 0.1) is 12.8 Å². The van der Waals surface area contributed by atoms with Gasteiger partial charge in [0, 0.05) is 13.6 Å². The fourth-order valence-electron chi connectivity index (χ4n) is 1.36. The Bertz CT molecular complexity index is 429. The van der Waals surface area contributed by atoms with E-state index < -0.39 is 5.63 Å². The van der Waals surface area contributed by atoms with Crippen molar-refractivity contribution >= 4 is 5.91 Å². The monoisotopic (exact) mass is 226 g/mol. The topological polar surface area (TPSA) is 64.2 Å². The Labute approximate surface area is 94.4 Å². The zero-order valence-corrected chi connectivity index (χ0v) is 10.2. The number of rotatable bonds is 4. The Balaban J connectivity index is 2.70. The Morgan fingerprint density at radius 1 is 1.50 bits per heavy atom. The van der Waals surface area contributed by atoms with Crippen LogP contribution in [-0.4, -0.2) is 17.2 Å². The maximum absolute atomic E-state index is 11.7. The van der Waals surface area contributed by atoms with Gasteiger partial charge in [-0.2, -0.15) is 0 Å². The van der Waals surface area contributed by atoms with Gasteiger partial charge in [-0.1, -0.05) is 13.8 Å². The molecule has 16 heavy (non-hydrogen) atoms. The summed E-state index contributed by atoms with van der Waals surface area (Å²) in [5, 5.41) is 2.71. The number of carbonyl (C=O) groups excluding carboxylic acids is 1. The Hall–Kier alpha value is -1.52. The van der Waals surface area contributed by atoms with Crippen molar-refractivity contribution in [1.29, 1.82) is 0 Å². The van der Waals surface area contributed by atoms with E-state index in [-0.39, 0.29) is 11.5 Å². The Kier molecular flexibility index (Phi) is 3.93. The fraction of sp³-hybridized carbons (Fsp3) is 0.636. The molecule has 1 rings (SSSR count). The number of aromatic nitrogens is 1. The third-order valence-corrected chi connectivity index (χ3v) is 2.49. The molecule has 0 saturated heterocycles. The SMILES string of the molecule is Cc1c(C(=O)NCCC(C)C)c(=O)on1C. The molecule has 1 aromatic heterocycles. The van der Waals surface area contributed by atoms with Crippen LogP contribution >= 0.6 is 0 Å². The van der Waals surface area contributed by atoms with Gasteiger partial charge in [0.1, 0.15) is 5.56 Å². The summed E-state index contributed by atoms with van der Waals surface area (Å²) in [6.07, 6.45) is 0.892. The van der Waals surface area contributed by atoms with Crippen LogP contribution in [0.2, 0.25) is 0 Å². The van der Waals surface area contributed by atoms with Gasteiger partial charge in [0.15, 0.2) is 0 Å². The average Bonchev–Trinajstić information content (AvgIpc) is 2.40. The lowest BCUT2D eigenvalue weighted by Crippen LogP contribution is -2.29. The van der Waals surface area contributed by atoms with Gasteiger partial charge in [-0.05, 0) is 19.3 Å². The molecule has 0 fully saturated rings. The predicted octanol–water partition coefficient (Wildman–Crippen LogP) is 1.06. The van der Waals surface area contributed by atoms with E-state index in [9.17, 15) is 9.59 Å². The summed E-state index contributed by atoms with van der Waals surface area (Å²) < 4.78 is 6.10. The van der Waals surface area contributed by atoms with E-state index in [1.165, 1.54) is 4.74 Å². The molecular weight excluding hydrogens is 208 g/mol. The first-order chi connectivity index (χ1) is 7.43. The molecule has 0 aromatic carbocycles. The van der Waals surface area contributed by atoms with Gasteiger partial charge in [-0.3, -0.25) is 4.79 Å². The molecular formula is C11H18N2O3. The van der Waals surface area contributed by atoms with E-state index in [0.717, 1.165) is 6.42 Å². The normalized spacial score (nSPS) is 10.8. The van der Waals surface area contributed by atoms with Crippen LogP contribution in [0.4, 0.5) is 0 Å². The van der Waals surface area contributed by atoms with Gasteiger partial charge < -0.3 is 9.84 Å². The molecule has 0 spiro atoms. The maximum atomic E-state index is 11.7. The lowest BCUT2D eigenvalue weighted by atomic mass is 10.1. The summed E-state index contributed by atoms with van der Waals surface area (Å²) in [5.74, 6) is 0.168. The summed E-state index contributed by atoms with van der Waals surface area (Å²) in [5.41, 5.74) is 0.0698. The first kappa shape index (κ1) is 12.5. The van der Waals surface area contributed by atoms with Crippen LogP contribution in [0.1, 0.15) is 36.3 Å². The van der Waals surface area contributed by atoms with Gasteiger partial charge in [0.2, 0.25) is 0 Å². The molecule has 0 aliphatic rings. The van der Waals surface area contributed by atoms with Crippen LogP contribution in [0.15, 0.2) is 9.32 Å². The van der Waals surface area contributed by atoms with Gasteiger partial charge in [-0.25, -0.2) is 9.53 Å². The third kappa shape index (κ3) is 2.74. The second-order valence-corrected chi connectivity index (χ2v) is 4.28. The number of hydrogen-bond donors (Lipinski definition) is 1. The van der Waals surface area contributed by atoms with E-state index in [0.29, 0.717) is 18.2 Å². The molecule has 5 nitrogen and oxygen atoms in total. The predicted molar refractivity (Wildman–Crippen MR) is 60.5 cm³/mol. The molecule has 0 radical (unpaired) electrons. The van der Waals surface area contributed by atoms with E-state index >= 15 is 0 Å². The second kappa shape index (κ2) is 5.01. The first-order valence-electron chi connectivity index (χ1n) is 5.38. The molecule has 0 aliphatic heterocycles. The van der Waals surface area contributed by atoms with Gasteiger partial charge >= 0.3 is 5.63 Å². The highest BCUT2D eigenvalue weighted by Crippen LogP contribution is 2.03. The number of carbonyl (C=O) groups is 1. The van der Waals surface area contributed by atoms with E-state index in [2.05, 4.69) is 19.2 Å². The number of nitrogens with zero attached hydrogens (tertiary/aromatic N) is 1. The summed E-state index contributed by atoms with van der Waals surface area (Å²) in [6.45, 7) is 6.41. The lowest BCUT2D eigenvalue weighted by Gasteiger charge is -2.05. The summed E-state index contributed by atoms with van der Waals surface area (Å²) >= 11 is 0. The van der Waals surface area contributed by atoms with Gasteiger partial charge in [0.25, 0.3) is 5.91 Å². The van der Waals surface area contributed by atoms with Crippen molar-refractivity contribution in [2.45, 2.75) is 27.2 Å². The molecule has 90 valence electrons. The number of amides is 1. The quantitative estimate of drug-likeness (QED) is 0.835. The zero-order valence-electron chi connectivity index (χ0n) is 10.2. The van der Waals surface area contributed by atoms with Gasteiger partial charge in [0.05, 0.1) is 5.69 Å². The third-order valence-electron chi connectivity index (χ3n) is 2.49. The lowest BCUT2D eigenvalue weighted by molar-refractivity contribution is 0.0949. The molecule has 0 atom stereocenters.